The highest BCUT2D eigenvalue weighted by Crippen LogP contribution is 2.35. The first-order chi connectivity index (χ1) is 15.3. The number of carbonyl (C=O) groups excluding carboxylic acids is 1. The molecule has 1 aliphatic carbocycles. The Morgan fingerprint density at radius 1 is 1.22 bits per heavy atom. The zero-order chi connectivity index (χ0) is 23.0. The average Bonchev–Trinajstić information content (AvgIpc) is 3.59. The van der Waals surface area contributed by atoms with E-state index in [0.717, 1.165) is 18.4 Å². The van der Waals surface area contributed by atoms with Gasteiger partial charge in [-0.1, -0.05) is 35.9 Å². The molecular formula is C23H21ClN4O4. The molecule has 0 spiro atoms. The predicted octanol–water partition coefficient (Wildman–Crippen LogP) is 4.47. The first-order valence-electron chi connectivity index (χ1n) is 10.2. The standard InChI is InChI=1S/C23H21ClN4O4/c1-14-13-21(29)22(25-27(14)19-5-3-4-6-20(19)28(31)32)23(30)26(18-11-12-18)15(2)16-7-9-17(24)10-8-16/h3-10,13,15,18H,11-12H2,1-2H3. The summed E-state index contributed by atoms with van der Waals surface area (Å²) in [6, 6.07) is 14.3. The minimum absolute atomic E-state index is 0.00944. The lowest BCUT2D eigenvalue weighted by Gasteiger charge is -2.29. The van der Waals surface area contributed by atoms with Crippen LogP contribution in [0.2, 0.25) is 5.02 Å². The molecular weight excluding hydrogens is 432 g/mol. The molecule has 1 aromatic heterocycles. The third kappa shape index (κ3) is 4.13. The highest BCUT2D eigenvalue weighted by atomic mass is 35.5. The normalized spacial score (nSPS) is 14.1. The van der Waals surface area contributed by atoms with E-state index in [0.29, 0.717) is 10.7 Å². The summed E-state index contributed by atoms with van der Waals surface area (Å²) in [6.07, 6.45) is 1.68. The van der Waals surface area contributed by atoms with Crippen LogP contribution in [0.15, 0.2) is 59.4 Å². The van der Waals surface area contributed by atoms with Crippen LogP contribution < -0.4 is 5.43 Å². The van der Waals surface area contributed by atoms with E-state index < -0.39 is 16.3 Å². The fraction of sp³-hybridized carbons (Fsp3) is 0.261. The number of rotatable bonds is 6. The molecule has 9 heteroatoms. The monoisotopic (exact) mass is 452 g/mol. The minimum atomic E-state index is -0.519. The van der Waals surface area contributed by atoms with Crippen LogP contribution in [0, 0.1) is 17.0 Å². The smallest absolute Gasteiger partial charge is 0.294 e. The number of hydrogen-bond donors (Lipinski definition) is 0. The van der Waals surface area contributed by atoms with Crippen molar-refractivity contribution < 1.29 is 9.72 Å². The van der Waals surface area contributed by atoms with Crippen LogP contribution in [0.3, 0.4) is 0 Å². The van der Waals surface area contributed by atoms with Crippen LogP contribution >= 0.6 is 11.6 Å². The molecule has 32 heavy (non-hydrogen) atoms. The van der Waals surface area contributed by atoms with Gasteiger partial charge in [0.1, 0.15) is 5.69 Å². The molecule has 0 N–H and O–H groups in total. The first-order valence-corrected chi connectivity index (χ1v) is 10.6. The molecule has 0 bridgehead atoms. The molecule has 0 saturated heterocycles. The number of nitrogens with zero attached hydrogens (tertiary/aromatic N) is 4. The molecule has 8 nitrogen and oxygen atoms in total. The number of nitro groups is 1. The van der Waals surface area contributed by atoms with Crippen molar-refractivity contribution in [2.75, 3.05) is 0 Å². The minimum Gasteiger partial charge on any atom is -0.327 e. The van der Waals surface area contributed by atoms with Crippen LogP contribution in [-0.2, 0) is 0 Å². The zero-order valence-corrected chi connectivity index (χ0v) is 18.3. The van der Waals surface area contributed by atoms with Crippen molar-refractivity contribution in [3.63, 3.8) is 0 Å². The third-order valence-corrected chi connectivity index (χ3v) is 5.81. The van der Waals surface area contributed by atoms with Gasteiger partial charge in [-0.05, 0) is 50.5 Å². The number of hydrogen-bond acceptors (Lipinski definition) is 5. The number of benzene rings is 2. The molecule has 164 valence electrons. The summed E-state index contributed by atoms with van der Waals surface area (Å²) in [7, 11) is 0. The Bertz CT molecular complexity index is 1250. The average molecular weight is 453 g/mol. The second kappa shape index (κ2) is 8.55. The Morgan fingerprint density at radius 2 is 1.88 bits per heavy atom. The molecule has 1 amide bonds. The van der Waals surface area contributed by atoms with Gasteiger partial charge in [-0.3, -0.25) is 19.7 Å². The van der Waals surface area contributed by atoms with E-state index >= 15 is 0 Å². The summed E-state index contributed by atoms with van der Waals surface area (Å²) >= 11 is 5.99. The van der Waals surface area contributed by atoms with Gasteiger partial charge in [0.15, 0.2) is 5.69 Å². The molecule has 1 saturated carbocycles. The molecule has 1 aliphatic rings. The maximum absolute atomic E-state index is 13.5. The number of nitro benzene ring substituents is 1. The van der Waals surface area contributed by atoms with E-state index in [1.807, 2.05) is 19.1 Å². The Labute approximate surface area is 189 Å². The van der Waals surface area contributed by atoms with E-state index in [4.69, 9.17) is 11.6 Å². The number of aromatic nitrogens is 2. The Kier molecular flexibility index (Phi) is 5.80. The van der Waals surface area contributed by atoms with Gasteiger partial charge in [0, 0.05) is 28.9 Å². The Hall–Kier alpha value is -3.52. The second-order valence-corrected chi connectivity index (χ2v) is 8.26. The first kappa shape index (κ1) is 21.7. The van der Waals surface area contributed by atoms with E-state index in [-0.39, 0.29) is 29.2 Å². The van der Waals surface area contributed by atoms with E-state index in [1.54, 1.807) is 36.1 Å². The molecule has 1 fully saturated rings. The molecule has 1 atom stereocenters. The van der Waals surface area contributed by atoms with Crippen molar-refractivity contribution in [3.05, 3.63) is 96.9 Å². The van der Waals surface area contributed by atoms with Crippen molar-refractivity contribution in [2.24, 2.45) is 0 Å². The van der Waals surface area contributed by atoms with Gasteiger partial charge >= 0.3 is 0 Å². The lowest BCUT2D eigenvalue weighted by Crippen LogP contribution is -2.39. The van der Waals surface area contributed by atoms with Gasteiger partial charge in [-0.15, -0.1) is 0 Å². The van der Waals surface area contributed by atoms with Crippen LogP contribution in [0.1, 0.15) is 47.6 Å². The quantitative estimate of drug-likeness (QED) is 0.406. The molecule has 1 unspecified atom stereocenters. The summed E-state index contributed by atoms with van der Waals surface area (Å²) in [5.41, 5.74) is 0.523. The van der Waals surface area contributed by atoms with Crippen molar-refractivity contribution in [1.82, 2.24) is 14.7 Å². The predicted molar refractivity (Wildman–Crippen MR) is 120 cm³/mol. The van der Waals surface area contributed by atoms with Crippen molar-refractivity contribution in [2.45, 2.75) is 38.8 Å². The summed E-state index contributed by atoms with van der Waals surface area (Å²) in [6.45, 7) is 3.52. The van der Waals surface area contributed by atoms with Crippen LogP contribution in [0.4, 0.5) is 5.69 Å². The molecule has 3 aromatic rings. The van der Waals surface area contributed by atoms with E-state index in [1.165, 1.54) is 22.9 Å². The summed E-state index contributed by atoms with van der Waals surface area (Å²) in [4.78, 5) is 38.9. The van der Waals surface area contributed by atoms with Crippen LogP contribution in [0.25, 0.3) is 5.69 Å². The summed E-state index contributed by atoms with van der Waals surface area (Å²) in [5, 5.41) is 16.4. The van der Waals surface area contributed by atoms with E-state index in [2.05, 4.69) is 5.10 Å². The number of carbonyl (C=O) groups is 1. The second-order valence-electron chi connectivity index (χ2n) is 7.83. The largest absolute Gasteiger partial charge is 0.327 e. The maximum Gasteiger partial charge on any atom is 0.294 e. The van der Waals surface area contributed by atoms with Crippen molar-refractivity contribution in [1.29, 1.82) is 0 Å². The summed E-state index contributed by atoms with van der Waals surface area (Å²) in [5.74, 6) is -0.493. The number of para-hydroxylation sites is 2. The Morgan fingerprint density at radius 3 is 2.50 bits per heavy atom. The van der Waals surface area contributed by atoms with Crippen LogP contribution in [0.5, 0.6) is 0 Å². The van der Waals surface area contributed by atoms with Gasteiger partial charge in [0.05, 0.1) is 11.0 Å². The van der Waals surface area contributed by atoms with Crippen molar-refractivity contribution >= 4 is 23.2 Å². The fourth-order valence-electron chi connectivity index (χ4n) is 3.77. The van der Waals surface area contributed by atoms with Gasteiger partial charge in [0.25, 0.3) is 11.6 Å². The van der Waals surface area contributed by atoms with Gasteiger partial charge < -0.3 is 4.90 Å². The van der Waals surface area contributed by atoms with Gasteiger partial charge in [-0.2, -0.15) is 5.10 Å². The molecule has 4 rings (SSSR count). The third-order valence-electron chi connectivity index (χ3n) is 5.56. The lowest BCUT2D eigenvalue weighted by molar-refractivity contribution is -0.384. The molecule has 1 heterocycles. The summed E-state index contributed by atoms with van der Waals surface area (Å²) < 4.78 is 1.28. The molecule has 0 aliphatic heterocycles. The Balaban J connectivity index is 1.78. The highest BCUT2D eigenvalue weighted by Gasteiger charge is 2.38. The van der Waals surface area contributed by atoms with Gasteiger partial charge in [-0.25, -0.2) is 4.68 Å². The lowest BCUT2D eigenvalue weighted by atomic mass is 10.1. The maximum atomic E-state index is 13.5. The van der Waals surface area contributed by atoms with Crippen LogP contribution in [-0.4, -0.2) is 31.6 Å². The zero-order valence-electron chi connectivity index (χ0n) is 17.6. The number of aryl methyl sites for hydroxylation is 1. The SMILES string of the molecule is Cc1cc(=O)c(C(=O)N(C2CC2)C(C)c2ccc(Cl)cc2)nn1-c1ccccc1[N+](=O)[O-]. The molecule has 0 radical (unpaired) electrons. The topological polar surface area (TPSA) is 98.3 Å². The number of halogens is 1. The molecule has 2 aromatic carbocycles. The van der Waals surface area contributed by atoms with Crippen molar-refractivity contribution in [3.8, 4) is 5.69 Å². The van der Waals surface area contributed by atoms with E-state index in [9.17, 15) is 19.7 Å². The number of amides is 1. The fourth-order valence-corrected chi connectivity index (χ4v) is 3.90. The van der Waals surface area contributed by atoms with Gasteiger partial charge in [0.2, 0.25) is 5.43 Å². The highest BCUT2D eigenvalue weighted by molar-refractivity contribution is 6.30.